The summed E-state index contributed by atoms with van der Waals surface area (Å²) in [6.07, 6.45) is -1.28. The lowest BCUT2D eigenvalue weighted by molar-refractivity contribution is 0.149. The molecule has 0 atom stereocenters. The topological polar surface area (TPSA) is 22.1 Å². The molecular formula is C8H8ClF2NO. The van der Waals surface area contributed by atoms with Crippen LogP contribution in [-0.4, -0.2) is 12.1 Å². The lowest BCUT2D eigenvalue weighted by Crippen LogP contribution is -1.98. The Kier molecular flexibility index (Phi) is 3.42. The van der Waals surface area contributed by atoms with Crippen LogP contribution in [0.2, 0.25) is 0 Å². The van der Waals surface area contributed by atoms with E-state index in [1.165, 1.54) is 19.4 Å². The van der Waals surface area contributed by atoms with E-state index in [4.69, 9.17) is 16.3 Å². The van der Waals surface area contributed by atoms with Crippen LogP contribution in [0.25, 0.3) is 0 Å². The molecule has 0 fully saturated rings. The molecule has 0 aliphatic rings. The fourth-order valence-corrected chi connectivity index (χ4v) is 1.27. The first-order valence-corrected chi connectivity index (χ1v) is 4.10. The minimum absolute atomic E-state index is 0.0311. The summed E-state index contributed by atoms with van der Waals surface area (Å²) < 4.78 is 29.6. The molecule has 0 bridgehead atoms. The van der Waals surface area contributed by atoms with Crippen LogP contribution in [0.3, 0.4) is 0 Å². The molecule has 13 heavy (non-hydrogen) atoms. The first-order valence-electron chi connectivity index (χ1n) is 3.56. The predicted octanol–water partition coefficient (Wildman–Crippen LogP) is 2.77. The highest BCUT2D eigenvalue weighted by atomic mass is 35.5. The zero-order valence-electron chi connectivity index (χ0n) is 6.93. The molecule has 0 saturated heterocycles. The molecule has 0 aliphatic heterocycles. The van der Waals surface area contributed by atoms with Gasteiger partial charge in [-0.15, -0.1) is 11.6 Å². The summed E-state index contributed by atoms with van der Waals surface area (Å²) in [4.78, 5) is 3.77. The van der Waals surface area contributed by atoms with E-state index in [0.29, 0.717) is 0 Å². The van der Waals surface area contributed by atoms with E-state index < -0.39 is 6.43 Å². The molecule has 0 unspecified atom stereocenters. The average molecular weight is 208 g/mol. The van der Waals surface area contributed by atoms with Crippen molar-refractivity contribution < 1.29 is 13.5 Å². The number of nitrogens with zero attached hydrogens (tertiary/aromatic N) is 1. The largest absolute Gasteiger partial charge is 0.481 e. The van der Waals surface area contributed by atoms with Crippen LogP contribution in [0.15, 0.2) is 12.3 Å². The van der Waals surface area contributed by atoms with Crippen molar-refractivity contribution in [3.05, 3.63) is 23.4 Å². The van der Waals surface area contributed by atoms with Crippen molar-refractivity contribution in [2.75, 3.05) is 7.11 Å². The molecule has 0 spiro atoms. The summed E-state index contributed by atoms with van der Waals surface area (Å²) in [5.74, 6) is 0.129. The molecule has 0 aromatic carbocycles. The van der Waals surface area contributed by atoms with Crippen LogP contribution in [0.4, 0.5) is 8.78 Å². The van der Waals surface area contributed by atoms with Gasteiger partial charge < -0.3 is 4.74 Å². The fraction of sp³-hybridized carbons (Fsp3) is 0.375. The van der Waals surface area contributed by atoms with Gasteiger partial charge in [0.05, 0.1) is 13.0 Å². The summed E-state index contributed by atoms with van der Waals surface area (Å²) >= 11 is 5.51. The van der Waals surface area contributed by atoms with Gasteiger partial charge in [0.2, 0.25) is 5.88 Å². The number of pyridine rings is 1. The lowest BCUT2D eigenvalue weighted by atomic mass is 10.1. The molecule has 1 aromatic heterocycles. The average Bonchev–Trinajstić information content (AvgIpc) is 2.16. The summed E-state index contributed by atoms with van der Waals surface area (Å²) in [6, 6.07) is 1.24. The van der Waals surface area contributed by atoms with Crippen molar-refractivity contribution in [2.45, 2.75) is 12.3 Å². The van der Waals surface area contributed by atoms with Crippen LogP contribution in [0.5, 0.6) is 5.88 Å². The molecule has 1 heterocycles. The second-order valence-electron chi connectivity index (χ2n) is 2.32. The third-order valence-electron chi connectivity index (χ3n) is 1.61. The van der Waals surface area contributed by atoms with Crippen molar-refractivity contribution in [3.63, 3.8) is 0 Å². The van der Waals surface area contributed by atoms with Crippen LogP contribution >= 0.6 is 11.6 Å². The van der Waals surface area contributed by atoms with E-state index in [1.54, 1.807) is 0 Å². The van der Waals surface area contributed by atoms with Crippen molar-refractivity contribution in [3.8, 4) is 5.88 Å². The van der Waals surface area contributed by atoms with Crippen LogP contribution in [0, 0.1) is 0 Å². The number of ether oxygens (including phenoxy) is 1. The van der Waals surface area contributed by atoms with E-state index in [9.17, 15) is 8.78 Å². The van der Waals surface area contributed by atoms with E-state index >= 15 is 0 Å². The number of hydrogen-bond donors (Lipinski definition) is 0. The van der Waals surface area contributed by atoms with Gasteiger partial charge in [0.25, 0.3) is 6.43 Å². The minimum Gasteiger partial charge on any atom is -0.481 e. The summed E-state index contributed by atoms with van der Waals surface area (Å²) in [5.41, 5.74) is 0.128. The monoisotopic (exact) mass is 207 g/mol. The maximum absolute atomic E-state index is 12.4. The van der Waals surface area contributed by atoms with Crippen LogP contribution in [-0.2, 0) is 5.88 Å². The molecule has 1 aromatic rings. The van der Waals surface area contributed by atoms with Gasteiger partial charge in [-0.2, -0.15) is 0 Å². The van der Waals surface area contributed by atoms with E-state index in [-0.39, 0.29) is 22.9 Å². The normalized spacial score (nSPS) is 10.5. The molecule has 0 radical (unpaired) electrons. The number of methoxy groups -OCH3 is 1. The summed E-state index contributed by atoms with van der Waals surface area (Å²) in [7, 11) is 1.37. The highest BCUT2D eigenvalue weighted by molar-refractivity contribution is 6.17. The number of rotatable bonds is 3. The molecule has 72 valence electrons. The van der Waals surface area contributed by atoms with Gasteiger partial charge in [-0.3, -0.25) is 0 Å². The minimum atomic E-state index is -2.55. The molecule has 0 saturated carbocycles. The van der Waals surface area contributed by atoms with Gasteiger partial charge in [-0.1, -0.05) is 0 Å². The number of hydrogen-bond acceptors (Lipinski definition) is 2. The Morgan fingerprint density at radius 3 is 2.77 bits per heavy atom. The Bertz CT molecular complexity index is 293. The maximum Gasteiger partial charge on any atom is 0.264 e. The Balaban J connectivity index is 3.19. The van der Waals surface area contributed by atoms with E-state index in [0.717, 1.165) is 0 Å². The fourth-order valence-electron chi connectivity index (χ4n) is 1.00. The van der Waals surface area contributed by atoms with E-state index in [1.807, 2.05) is 0 Å². The first-order chi connectivity index (χ1) is 6.20. The lowest BCUT2D eigenvalue weighted by Gasteiger charge is -2.09. The van der Waals surface area contributed by atoms with Crippen LogP contribution < -0.4 is 4.74 Å². The Morgan fingerprint density at radius 1 is 1.62 bits per heavy atom. The van der Waals surface area contributed by atoms with Gasteiger partial charge >= 0.3 is 0 Å². The second kappa shape index (κ2) is 4.37. The van der Waals surface area contributed by atoms with Gasteiger partial charge in [0.1, 0.15) is 0 Å². The predicted molar refractivity (Wildman–Crippen MR) is 45.3 cm³/mol. The molecule has 5 heteroatoms. The number of halogens is 3. The maximum atomic E-state index is 12.4. The quantitative estimate of drug-likeness (QED) is 0.711. The standard InChI is InChI=1S/C8H8ClF2NO/c1-13-8-6(4-9)5(7(10)11)2-3-12-8/h2-3,7H,4H2,1H3. The van der Waals surface area contributed by atoms with Crippen molar-refractivity contribution in [1.29, 1.82) is 0 Å². The number of alkyl halides is 3. The first kappa shape index (κ1) is 10.2. The molecule has 2 nitrogen and oxygen atoms in total. The van der Waals surface area contributed by atoms with Gasteiger partial charge in [0, 0.05) is 17.3 Å². The van der Waals surface area contributed by atoms with E-state index in [2.05, 4.69) is 4.98 Å². The SMILES string of the molecule is COc1nccc(C(F)F)c1CCl. The Hall–Kier alpha value is -0.900. The zero-order chi connectivity index (χ0) is 9.84. The number of aromatic nitrogens is 1. The van der Waals surface area contributed by atoms with Crippen molar-refractivity contribution in [2.24, 2.45) is 0 Å². The van der Waals surface area contributed by atoms with Gasteiger partial charge in [-0.05, 0) is 6.07 Å². The highest BCUT2D eigenvalue weighted by Gasteiger charge is 2.16. The van der Waals surface area contributed by atoms with Gasteiger partial charge in [-0.25, -0.2) is 13.8 Å². The molecular weight excluding hydrogens is 200 g/mol. The highest BCUT2D eigenvalue weighted by Crippen LogP contribution is 2.28. The van der Waals surface area contributed by atoms with Gasteiger partial charge in [0.15, 0.2) is 0 Å². The molecule has 0 N–H and O–H groups in total. The van der Waals surface area contributed by atoms with Crippen molar-refractivity contribution >= 4 is 11.6 Å². The zero-order valence-corrected chi connectivity index (χ0v) is 7.68. The smallest absolute Gasteiger partial charge is 0.264 e. The Labute approximate surface area is 79.5 Å². The molecule has 0 aliphatic carbocycles. The summed E-state index contributed by atoms with van der Waals surface area (Å²) in [6.45, 7) is 0. The second-order valence-corrected chi connectivity index (χ2v) is 2.59. The summed E-state index contributed by atoms with van der Waals surface area (Å²) in [5, 5.41) is 0. The third kappa shape index (κ3) is 2.06. The molecule has 1 rings (SSSR count). The Morgan fingerprint density at radius 2 is 2.31 bits per heavy atom. The van der Waals surface area contributed by atoms with Crippen LogP contribution in [0.1, 0.15) is 17.6 Å². The third-order valence-corrected chi connectivity index (χ3v) is 1.88. The molecule has 0 amide bonds. The van der Waals surface area contributed by atoms with Crippen molar-refractivity contribution in [1.82, 2.24) is 4.98 Å².